The van der Waals surface area contributed by atoms with Crippen molar-refractivity contribution in [2.75, 3.05) is 51.9 Å². The lowest BCUT2D eigenvalue weighted by molar-refractivity contribution is -0.111. The van der Waals surface area contributed by atoms with E-state index in [1.54, 1.807) is 19.5 Å². The lowest BCUT2D eigenvalue weighted by Crippen LogP contribution is -2.55. The zero-order chi connectivity index (χ0) is 33.9. The molecular formula is C35H46ClFN8O3. The van der Waals surface area contributed by atoms with Gasteiger partial charge in [0.25, 0.3) is 0 Å². The average molecular weight is 681 g/mol. The summed E-state index contributed by atoms with van der Waals surface area (Å²) in [6.07, 6.45) is 12.1. The molecule has 0 saturated carbocycles. The fourth-order valence-corrected chi connectivity index (χ4v) is 7.95. The molecule has 2 fully saturated rings. The van der Waals surface area contributed by atoms with E-state index in [0.29, 0.717) is 60.0 Å². The molecule has 1 amide bonds. The predicted octanol–water partition coefficient (Wildman–Crippen LogP) is 6.08. The molecule has 11 nitrogen and oxygen atoms in total. The summed E-state index contributed by atoms with van der Waals surface area (Å²) in [7, 11) is 3.82. The van der Waals surface area contributed by atoms with Gasteiger partial charge in [-0.3, -0.25) is 19.8 Å². The summed E-state index contributed by atoms with van der Waals surface area (Å²) in [5.41, 5.74) is 1.78. The number of hydrogen-bond donors (Lipinski definition) is 2. The number of hydrogen-bond acceptors (Lipinski definition) is 9. The van der Waals surface area contributed by atoms with E-state index >= 15 is 4.39 Å². The maximum Gasteiger partial charge on any atom is 0.319 e. The van der Waals surface area contributed by atoms with E-state index in [0.717, 1.165) is 75.3 Å². The highest BCUT2D eigenvalue weighted by Crippen LogP contribution is 2.41. The molecule has 2 atom stereocenters. The number of aromatic nitrogens is 5. The number of nitrogens with one attached hydrogen (secondary N) is 2. The Balaban J connectivity index is 1.48. The first-order chi connectivity index (χ1) is 23.2. The molecule has 13 heteroatoms. The molecule has 0 bridgehead atoms. The topological polar surface area (TPSA) is 121 Å². The van der Waals surface area contributed by atoms with Crippen molar-refractivity contribution in [1.82, 2.24) is 35.4 Å². The van der Waals surface area contributed by atoms with E-state index in [2.05, 4.69) is 39.3 Å². The summed E-state index contributed by atoms with van der Waals surface area (Å²) in [5, 5.41) is 11.9. The number of amides is 1. The fraction of sp³-hybridized carbons (Fsp3) is 0.571. The minimum atomic E-state index is -0.573. The van der Waals surface area contributed by atoms with Crippen LogP contribution in [0.2, 0.25) is 5.02 Å². The third-order valence-corrected chi connectivity index (χ3v) is 10.6. The van der Waals surface area contributed by atoms with Crippen LogP contribution in [0.5, 0.6) is 6.01 Å². The fourth-order valence-electron chi connectivity index (χ4n) is 7.65. The number of likely N-dealkylation sites (N-methyl/N-ethyl adjacent to an activating group) is 1. The van der Waals surface area contributed by atoms with Crippen molar-refractivity contribution >= 4 is 45.6 Å². The first-order valence-electron chi connectivity index (χ1n) is 17.0. The van der Waals surface area contributed by atoms with Crippen molar-refractivity contribution in [2.24, 2.45) is 0 Å². The number of piperidine rings is 1. The van der Waals surface area contributed by atoms with Gasteiger partial charge in [-0.25, -0.2) is 4.39 Å². The van der Waals surface area contributed by atoms with Crippen LogP contribution in [-0.4, -0.2) is 94.5 Å². The van der Waals surface area contributed by atoms with Gasteiger partial charge < -0.3 is 19.7 Å². The zero-order valence-corrected chi connectivity index (χ0v) is 29.1. The van der Waals surface area contributed by atoms with E-state index in [1.165, 1.54) is 0 Å². The predicted molar refractivity (Wildman–Crippen MR) is 186 cm³/mol. The molecule has 3 aromatic heterocycles. The van der Waals surface area contributed by atoms with Gasteiger partial charge in [0.1, 0.15) is 23.6 Å². The van der Waals surface area contributed by atoms with Gasteiger partial charge in [-0.2, -0.15) is 15.1 Å². The molecule has 0 spiro atoms. The number of ether oxygens (including phenoxy) is 2. The second-order valence-electron chi connectivity index (χ2n) is 13.6. The van der Waals surface area contributed by atoms with Gasteiger partial charge in [0, 0.05) is 49.0 Å². The van der Waals surface area contributed by atoms with Crippen LogP contribution in [0.25, 0.3) is 33.1 Å². The number of halogens is 2. The molecule has 2 saturated heterocycles. The van der Waals surface area contributed by atoms with Gasteiger partial charge >= 0.3 is 6.01 Å². The lowest BCUT2D eigenvalue weighted by Gasteiger charge is -2.41. The smallest absolute Gasteiger partial charge is 0.319 e. The minimum Gasteiger partial charge on any atom is -0.461 e. The Labute approximate surface area is 285 Å². The molecule has 258 valence electrons. The number of likely N-dealkylation sites (tertiary alicyclic amines) is 1. The SMILES string of the molecule is CCCC1(COc2nc(N3CCCC(C)(NC=O)C3)c3cnc(-c4c(CCCCOC)c(Cl)cc5[nH]ncc45)c(F)c3n2)CCCN1C. The summed E-state index contributed by atoms with van der Waals surface area (Å²) in [6, 6.07) is 1.95. The van der Waals surface area contributed by atoms with E-state index in [1.807, 2.05) is 13.0 Å². The Morgan fingerprint density at radius 2 is 2.00 bits per heavy atom. The molecule has 1 aromatic carbocycles. The zero-order valence-electron chi connectivity index (χ0n) is 28.4. The van der Waals surface area contributed by atoms with E-state index in [-0.39, 0.29) is 22.8 Å². The van der Waals surface area contributed by atoms with Gasteiger partial charge in [0.15, 0.2) is 5.82 Å². The van der Waals surface area contributed by atoms with Crippen LogP contribution in [-0.2, 0) is 16.0 Å². The number of methoxy groups -OCH3 is 1. The second kappa shape index (κ2) is 14.5. The highest BCUT2D eigenvalue weighted by molar-refractivity contribution is 6.33. The summed E-state index contributed by atoms with van der Waals surface area (Å²) in [6.45, 7) is 7.41. The maximum absolute atomic E-state index is 17.2. The first-order valence-corrected chi connectivity index (χ1v) is 17.4. The maximum atomic E-state index is 17.2. The Morgan fingerprint density at radius 3 is 2.75 bits per heavy atom. The summed E-state index contributed by atoms with van der Waals surface area (Å²) in [4.78, 5) is 30.3. The van der Waals surface area contributed by atoms with Gasteiger partial charge in [-0.05, 0) is 83.5 Å². The third-order valence-electron chi connectivity index (χ3n) is 10.2. The Hall–Kier alpha value is -3.61. The van der Waals surface area contributed by atoms with Gasteiger partial charge in [0.2, 0.25) is 6.41 Å². The standard InChI is InChI=1S/C35H46ClFN8O3/c1-5-11-35(13-9-14-44(35)3)21-48-33-41-30-25(32(42-33)45-15-8-12-34(2,20-45)39-22-46)18-38-31(29(30)37)28-23(10-6-7-16-47-4)26(36)17-27-24(28)19-40-43-27/h17-19,22H,5-16,20-21H2,1-4H3,(H,39,46)(H,40,43). The average Bonchev–Trinajstić information content (AvgIpc) is 3.68. The Kier molecular flexibility index (Phi) is 10.3. The van der Waals surface area contributed by atoms with E-state index < -0.39 is 11.4 Å². The molecule has 48 heavy (non-hydrogen) atoms. The summed E-state index contributed by atoms with van der Waals surface area (Å²) < 4.78 is 28.8. The van der Waals surface area contributed by atoms with Crippen molar-refractivity contribution in [3.05, 3.63) is 34.9 Å². The van der Waals surface area contributed by atoms with Crippen molar-refractivity contribution in [1.29, 1.82) is 0 Å². The summed E-state index contributed by atoms with van der Waals surface area (Å²) >= 11 is 6.84. The number of carbonyl (C=O) groups is 1. The van der Waals surface area contributed by atoms with E-state index in [4.69, 9.17) is 36.0 Å². The van der Waals surface area contributed by atoms with Crippen LogP contribution >= 0.6 is 11.6 Å². The first kappa shape index (κ1) is 34.3. The summed E-state index contributed by atoms with van der Waals surface area (Å²) in [5.74, 6) is -0.0359. The number of pyridine rings is 1. The van der Waals surface area contributed by atoms with Crippen LogP contribution in [0.3, 0.4) is 0 Å². The number of fused-ring (bicyclic) bond motifs is 2. The number of aromatic amines is 1. The molecule has 2 unspecified atom stereocenters. The lowest BCUT2D eigenvalue weighted by atomic mass is 9.91. The number of benzene rings is 1. The number of H-pyrrole nitrogens is 1. The third kappa shape index (κ3) is 6.66. The molecule has 6 rings (SSSR count). The monoisotopic (exact) mass is 680 g/mol. The minimum absolute atomic E-state index is 0.124. The van der Waals surface area contributed by atoms with Crippen LogP contribution in [0, 0.1) is 5.82 Å². The molecular weight excluding hydrogens is 635 g/mol. The molecule has 2 aliphatic rings. The quantitative estimate of drug-likeness (QED) is 0.121. The highest BCUT2D eigenvalue weighted by atomic mass is 35.5. The largest absolute Gasteiger partial charge is 0.461 e. The van der Waals surface area contributed by atoms with Gasteiger partial charge in [-0.1, -0.05) is 24.9 Å². The number of rotatable bonds is 14. The normalized spacial score (nSPS) is 21.8. The van der Waals surface area contributed by atoms with Crippen molar-refractivity contribution < 1.29 is 18.7 Å². The van der Waals surface area contributed by atoms with Crippen molar-refractivity contribution in [3.8, 4) is 17.3 Å². The number of carbonyl (C=O) groups excluding carboxylic acids is 1. The number of nitrogens with zero attached hydrogens (tertiary/aromatic N) is 6. The Morgan fingerprint density at radius 1 is 1.17 bits per heavy atom. The van der Waals surface area contributed by atoms with Gasteiger partial charge in [0.05, 0.1) is 28.2 Å². The highest BCUT2D eigenvalue weighted by Gasteiger charge is 2.39. The van der Waals surface area contributed by atoms with Crippen LogP contribution in [0.15, 0.2) is 18.5 Å². The number of anilines is 1. The second-order valence-corrected chi connectivity index (χ2v) is 14.0. The molecule has 0 aliphatic carbocycles. The van der Waals surface area contributed by atoms with Crippen molar-refractivity contribution in [3.63, 3.8) is 0 Å². The molecule has 4 aromatic rings. The van der Waals surface area contributed by atoms with Crippen molar-refractivity contribution in [2.45, 2.75) is 82.7 Å². The molecule has 2 N–H and O–H groups in total. The van der Waals surface area contributed by atoms with Crippen LogP contribution in [0.1, 0.15) is 70.8 Å². The molecule has 2 aliphatic heterocycles. The molecule has 0 radical (unpaired) electrons. The van der Waals surface area contributed by atoms with Crippen LogP contribution < -0.4 is 15.0 Å². The van der Waals surface area contributed by atoms with E-state index in [9.17, 15) is 4.79 Å². The molecule has 5 heterocycles. The van der Waals surface area contributed by atoms with Crippen LogP contribution in [0.4, 0.5) is 10.2 Å². The Bertz CT molecular complexity index is 1770. The van der Waals surface area contributed by atoms with Gasteiger partial charge in [-0.15, -0.1) is 0 Å². The number of unbranched alkanes of at least 4 members (excludes halogenated alkanes) is 1.